The summed E-state index contributed by atoms with van der Waals surface area (Å²) in [6.07, 6.45) is -0.317. The zero-order valence-corrected chi connectivity index (χ0v) is 18.1. The first-order valence-corrected chi connectivity index (χ1v) is 10.3. The number of nitrogens with two attached hydrogens (primary N) is 1. The van der Waals surface area contributed by atoms with Crippen molar-refractivity contribution in [3.63, 3.8) is 0 Å². The van der Waals surface area contributed by atoms with Crippen molar-refractivity contribution < 1.29 is 27.2 Å². The van der Waals surface area contributed by atoms with Crippen LogP contribution in [0.25, 0.3) is 11.1 Å². The second kappa shape index (κ2) is 9.56. The smallest absolute Gasteiger partial charge is 0.393 e. The zero-order chi connectivity index (χ0) is 24.3. The number of pyridine rings is 1. The number of benzene rings is 1. The van der Waals surface area contributed by atoms with Gasteiger partial charge in [-0.25, -0.2) is 9.37 Å². The van der Waals surface area contributed by atoms with Crippen LogP contribution in [0.3, 0.4) is 0 Å². The van der Waals surface area contributed by atoms with Crippen LogP contribution >= 0.6 is 0 Å². The number of halogens is 4. The van der Waals surface area contributed by atoms with E-state index in [1.165, 1.54) is 36.5 Å². The van der Waals surface area contributed by atoms with Crippen molar-refractivity contribution in [1.29, 1.82) is 0 Å². The van der Waals surface area contributed by atoms with Gasteiger partial charge in [0.25, 0.3) is 0 Å². The van der Waals surface area contributed by atoms with Crippen LogP contribution in [-0.2, 0) is 9.59 Å². The molecule has 1 aromatic carbocycles. The molecule has 0 saturated heterocycles. The quantitative estimate of drug-likeness (QED) is 0.353. The third kappa shape index (κ3) is 5.85. The number of allylic oxidation sites excluding steroid dienone is 3. The molecule has 0 bridgehead atoms. The summed E-state index contributed by atoms with van der Waals surface area (Å²) in [4.78, 5) is 29.7. The summed E-state index contributed by atoms with van der Waals surface area (Å²) in [7, 11) is 0. The van der Waals surface area contributed by atoms with Crippen LogP contribution in [0, 0.1) is 17.7 Å². The molecule has 5 nitrogen and oxygen atoms in total. The molecule has 0 amide bonds. The number of alkyl halides is 3. The van der Waals surface area contributed by atoms with E-state index in [1.807, 2.05) is 0 Å². The molecule has 0 fully saturated rings. The number of nitrogen functional groups attached to an aromatic ring is 1. The van der Waals surface area contributed by atoms with Crippen molar-refractivity contribution in [3.05, 3.63) is 66.3 Å². The van der Waals surface area contributed by atoms with Crippen molar-refractivity contribution in [2.75, 3.05) is 17.2 Å². The molecule has 1 unspecified atom stereocenters. The molecule has 0 radical (unpaired) electrons. The Morgan fingerprint density at radius 2 is 1.82 bits per heavy atom. The molecule has 9 heteroatoms. The molecular formula is C24H23F4N3O2. The van der Waals surface area contributed by atoms with E-state index in [9.17, 15) is 27.2 Å². The van der Waals surface area contributed by atoms with Crippen LogP contribution in [0.5, 0.6) is 0 Å². The lowest BCUT2D eigenvalue weighted by Crippen LogP contribution is -2.40. The average Bonchev–Trinajstić information content (AvgIpc) is 2.74. The Kier molecular flexibility index (Phi) is 7.00. The van der Waals surface area contributed by atoms with Gasteiger partial charge in [-0.05, 0) is 60.4 Å². The van der Waals surface area contributed by atoms with E-state index in [1.54, 1.807) is 13.8 Å². The lowest BCUT2D eigenvalue weighted by atomic mass is 9.95. The Labute approximate surface area is 188 Å². The van der Waals surface area contributed by atoms with E-state index in [0.717, 1.165) is 23.1 Å². The Hall–Kier alpha value is -3.49. The molecule has 2 aromatic rings. The van der Waals surface area contributed by atoms with Crippen LogP contribution in [0.15, 0.2) is 60.5 Å². The summed E-state index contributed by atoms with van der Waals surface area (Å²) < 4.78 is 55.3. The largest absolute Gasteiger partial charge is 0.398 e. The fourth-order valence-corrected chi connectivity index (χ4v) is 3.64. The molecule has 0 spiro atoms. The van der Waals surface area contributed by atoms with E-state index >= 15 is 0 Å². The van der Waals surface area contributed by atoms with Crippen LogP contribution in [0.1, 0.15) is 20.3 Å². The molecule has 174 valence electrons. The minimum atomic E-state index is -4.54. The number of carbonyl (C=O) groups is 2. The summed E-state index contributed by atoms with van der Waals surface area (Å²) in [6, 6.07) is 6.72. The molecular weight excluding hydrogens is 438 g/mol. The van der Waals surface area contributed by atoms with Gasteiger partial charge in [-0.15, -0.1) is 0 Å². The second-order valence-corrected chi connectivity index (χ2v) is 8.24. The molecule has 0 saturated carbocycles. The predicted octanol–water partition coefficient (Wildman–Crippen LogP) is 5.09. The molecule has 1 aliphatic carbocycles. The molecule has 1 atom stereocenters. The van der Waals surface area contributed by atoms with E-state index in [4.69, 9.17) is 5.73 Å². The molecule has 1 heterocycles. The lowest BCUT2D eigenvalue weighted by Gasteiger charge is -2.32. The maximum absolute atomic E-state index is 13.8. The topological polar surface area (TPSA) is 76.3 Å². The van der Waals surface area contributed by atoms with Gasteiger partial charge in [-0.1, -0.05) is 13.8 Å². The number of anilines is 2. The van der Waals surface area contributed by atoms with Gasteiger partial charge in [0.1, 0.15) is 11.6 Å². The fraction of sp³-hybridized carbons (Fsp3) is 0.292. The number of carbonyl (C=O) groups excluding carboxylic acids is 2. The Balaban J connectivity index is 2.11. The van der Waals surface area contributed by atoms with Gasteiger partial charge in [0, 0.05) is 30.1 Å². The number of aromatic nitrogens is 1. The molecule has 1 aliphatic rings. The number of nitrogens with zero attached hydrogens (tertiary/aromatic N) is 2. The molecule has 0 aliphatic heterocycles. The molecule has 1 aromatic heterocycles. The number of rotatable bonds is 7. The zero-order valence-electron chi connectivity index (χ0n) is 18.1. The maximum atomic E-state index is 13.8. The highest BCUT2D eigenvalue weighted by Crippen LogP contribution is 2.36. The highest BCUT2D eigenvalue weighted by Gasteiger charge is 2.42. The highest BCUT2D eigenvalue weighted by atomic mass is 19.4. The van der Waals surface area contributed by atoms with E-state index in [0.29, 0.717) is 11.1 Å². The van der Waals surface area contributed by atoms with Gasteiger partial charge in [-0.3, -0.25) is 9.59 Å². The van der Waals surface area contributed by atoms with Crippen molar-refractivity contribution in [2.45, 2.75) is 26.4 Å². The summed E-state index contributed by atoms with van der Waals surface area (Å²) in [5.74, 6) is -3.70. The molecule has 33 heavy (non-hydrogen) atoms. The summed E-state index contributed by atoms with van der Waals surface area (Å²) in [5.41, 5.74) is 6.74. The van der Waals surface area contributed by atoms with Crippen molar-refractivity contribution in [1.82, 2.24) is 4.98 Å². The SMILES string of the molecule is CC(C)CC(CN(C1=CC(=O)C=CC1=O)c1cc(-c2cc(F)ccc2N)ccn1)C(F)(F)F. The first kappa shape index (κ1) is 24.2. The number of hydrogen-bond acceptors (Lipinski definition) is 5. The Morgan fingerprint density at radius 3 is 2.48 bits per heavy atom. The highest BCUT2D eigenvalue weighted by molar-refractivity contribution is 6.18. The summed E-state index contributed by atoms with van der Waals surface area (Å²) in [6.45, 7) is 2.73. The van der Waals surface area contributed by atoms with E-state index < -0.39 is 36.0 Å². The molecule has 2 N–H and O–H groups in total. The first-order valence-electron chi connectivity index (χ1n) is 10.3. The standard InChI is InChI=1S/C24H23F4N3O2/c1-14(2)9-16(24(26,27)28)13-31(21-12-18(32)4-6-22(21)33)23-10-15(7-8-30-23)19-11-17(25)3-5-20(19)29/h3-8,10-12,14,16H,9,13,29H2,1-2H3. The van der Waals surface area contributed by atoms with Gasteiger partial charge in [-0.2, -0.15) is 13.2 Å². The fourth-order valence-electron chi connectivity index (χ4n) is 3.64. The van der Waals surface area contributed by atoms with Gasteiger partial charge < -0.3 is 10.6 Å². The van der Waals surface area contributed by atoms with Gasteiger partial charge >= 0.3 is 6.18 Å². The number of ketones is 2. The number of hydrogen-bond donors (Lipinski definition) is 1. The van der Waals surface area contributed by atoms with Crippen LogP contribution in [-0.4, -0.2) is 29.3 Å². The van der Waals surface area contributed by atoms with Crippen LogP contribution < -0.4 is 10.6 Å². The first-order chi connectivity index (χ1) is 15.5. The lowest BCUT2D eigenvalue weighted by molar-refractivity contribution is -0.175. The third-order valence-corrected chi connectivity index (χ3v) is 5.19. The van der Waals surface area contributed by atoms with Gasteiger partial charge in [0.05, 0.1) is 11.6 Å². The van der Waals surface area contributed by atoms with Gasteiger partial charge in [0.15, 0.2) is 5.78 Å². The molecule has 3 rings (SSSR count). The monoisotopic (exact) mass is 461 g/mol. The third-order valence-electron chi connectivity index (χ3n) is 5.19. The van der Waals surface area contributed by atoms with Gasteiger partial charge in [0.2, 0.25) is 5.78 Å². The van der Waals surface area contributed by atoms with E-state index in [2.05, 4.69) is 4.98 Å². The minimum absolute atomic E-state index is 0.0110. The van der Waals surface area contributed by atoms with Crippen molar-refractivity contribution >= 4 is 23.1 Å². The maximum Gasteiger partial charge on any atom is 0.393 e. The predicted molar refractivity (Wildman–Crippen MR) is 118 cm³/mol. The Morgan fingerprint density at radius 1 is 1.09 bits per heavy atom. The summed E-state index contributed by atoms with van der Waals surface area (Å²) in [5, 5.41) is 0. The normalized spacial score (nSPS) is 15.1. The van der Waals surface area contributed by atoms with Crippen molar-refractivity contribution in [3.8, 4) is 11.1 Å². The summed E-state index contributed by atoms with van der Waals surface area (Å²) >= 11 is 0. The van der Waals surface area contributed by atoms with Crippen LogP contribution in [0.4, 0.5) is 29.1 Å². The van der Waals surface area contributed by atoms with E-state index in [-0.39, 0.29) is 29.5 Å². The Bertz CT molecular complexity index is 1120. The average molecular weight is 461 g/mol. The minimum Gasteiger partial charge on any atom is -0.398 e. The van der Waals surface area contributed by atoms with Crippen LogP contribution in [0.2, 0.25) is 0 Å². The second-order valence-electron chi connectivity index (χ2n) is 8.24. The van der Waals surface area contributed by atoms with Crippen molar-refractivity contribution in [2.24, 2.45) is 11.8 Å².